The van der Waals surface area contributed by atoms with E-state index in [-0.39, 0.29) is 6.04 Å². The van der Waals surface area contributed by atoms with Gasteiger partial charge < -0.3 is 29.7 Å². The number of rotatable bonds is 6. The number of carbonyl (C=O) groups excluding carboxylic acids is 1. The smallest absolute Gasteiger partial charge is 0.407 e. The average molecular weight is 474 g/mol. The second-order valence-corrected chi connectivity index (χ2v) is 9.32. The molecule has 4 heterocycles. The van der Waals surface area contributed by atoms with Gasteiger partial charge in [-0.2, -0.15) is 15.0 Å². The number of methoxy groups -OCH3 is 2. The molecule has 1 unspecified atom stereocenters. The van der Waals surface area contributed by atoms with Crippen molar-refractivity contribution in [2.45, 2.75) is 38.8 Å². The second-order valence-electron chi connectivity index (χ2n) is 8.49. The van der Waals surface area contributed by atoms with Crippen molar-refractivity contribution in [3.05, 3.63) is 17.6 Å². The highest BCUT2D eigenvalue weighted by Crippen LogP contribution is 2.31. The minimum atomic E-state index is -0.540. The van der Waals surface area contributed by atoms with Gasteiger partial charge in [-0.1, -0.05) is 0 Å². The maximum atomic E-state index is 12.1. The number of carbonyl (C=O) groups is 1. The summed E-state index contributed by atoms with van der Waals surface area (Å²) >= 11 is 1.43. The van der Waals surface area contributed by atoms with Gasteiger partial charge in [-0.3, -0.25) is 0 Å². The third-order valence-corrected chi connectivity index (χ3v) is 5.58. The number of alkyl carbamates (subject to hydrolysis) is 1. The van der Waals surface area contributed by atoms with Crippen LogP contribution in [-0.4, -0.2) is 65.0 Å². The van der Waals surface area contributed by atoms with Gasteiger partial charge in [-0.05, 0) is 39.3 Å². The first kappa shape index (κ1) is 22.8. The van der Waals surface area contributed by atoms with E-state index in [2.05, 4.69) is 25.6 Å². The summed E-state index contributed by atoms with van der Waals surface area (Å²) in [4.78, 5) is 33.1. The van der Waals surface area contributed by atoms with E-state index >= 15 is 0 Å². The minimum Gasteiger partial charge on any atom is -0.491 e. The van der Waals surface area contributed by atoms with Crippen LogP contribution in [0.25, 0.3) is 10.3 Å². The lowest BCUT2D eigenvalue weighted by molar-refractivity contribution is 0.0509. The average Bonchev–Trinajstić information content (AvgIpc) is 3.41. The van der Waals surface area contributed by atoms with Crippen molar-refractivity contribution < 1.29 is 19.0 Å². The highest BCUT2D eigenvalue weighted by atomic mass is 32.1. The highest BCUT2D eigenvalue weighted by molar-refractivity contribution is 7.16. The molecule has 1 fully saturated rings. The zero-order valence-corrected chi connectivity index (χ0v) is 20.0. The second kappa shape index (κ2) is 9.22. The number of amides is 1. The normalized spacial score (nSPS) is 16.0. The lowest BCUT2D eigenvalue weighted by Gasteiger charge is -2.22. The molecule has 2 N–H and O–H groups in total. The summed E-state index contributed by atoms with van der Waals surface area (Å²) < 4.78 is 15.9. The van der Waals surface area contributed by atoms with Crippen molar-refractivity contribution in [2.75, 3.05) is 37.5 Å². The largest absolute Gasteiger partial charge is 0.491 e. The van der Waals surface area contributed by atoms with E-state index in [1.54, 1.807) is 24.8 Å². The number of pyridine rings is 1. The quantitative estimate of drug-likeness (QED) is 0.551. The molecule has 1 aliphatic rings. The van der Waals surface area contributed by atoms with Gasteiger partial charge in [0.05, 0.1) is 25.8 Å². The number of nitrogens with one attached hydrogen (secondary N) is 2. The lowest BCUT2D eigenvalue weighted by Crippen LogP contribution is -2.40. The van der Waals surface area contributed by atoms with Crippen LogP contribution in [0.2, 0.25) is 0 Å². The molecule has 0 saturated carbocycles. The number of aromatic nitrogens is 4. The first-order valence-corrected chi connectivity index (χ1v) is 11.4. The first-order valence-electron chi connectivity index (χ1n) is 10.5. The van der Waals surface area contributed by atoms with E-state index < -0.39 is 11.7 Å². The molecule has 0 radical (unpaired) electrons. The fourth-order valence-corrected chi connectivity index (χ4v) is 4.09. The molecule has 12 heteroatoms. The van der Waals surface area contributed by atoms with Crippen LogP contribution < -0.4 is 25.0 Å². The van der Waals surface area contributed by atoms with E-state index in [0.717, 1.165) is 11.3 Å². The predicted molar refractivity (Wildman–Crippen MR) is 126 cm³/mol. The van der Waals surface area contributed by atoms with Crippen LogP contribution in [0, 0.1) is 0 Å². The van der Waals surface area contributed by atoms with Crippen LogP contribution in [0.4, 0.5) is 22.4 Å². The van der Waals surface area contributed by atoms with E-state index in [9.17, 15) is 4.79 Å². The fraction of sp³-hybridized carbons (Fsp3) is 0.476. The Morgan fingerprint density at radius 3 is 2.73 bits per heavy atom. The van der Waals surface area contributed by atoms with Crippen LogP contribution in [0.15, 0.2) is 17.6 Å². The maximum Gasteiger partial charge on any atom is 0.407 e. The molecular weight excluding hydrogens is 446 g/mol. The van der Waals surface area contributed by atoms with Crippen molar-refractivity contribution >= 4 is 45.4 Å². The van der Waals surface area contributed by atoms with Crippen LogP contribution in [-0.2, 0) is 4.74 Å². The van der Waals surface area contributed by atoms with Gasteiger partial charge in [0.2, 0.25) is 5.95 Å². The van der Waals surface area contributed by atoms with Gasteiger partial charge in [-0.25, -0.2) is 9.78 Å². The molecule has 4 rings (SSSR count). The highest BCUT2D eigenvalue weighted by Gasteiger charge is 2.28. The molecule has 0 spiro atoms. The van der Waals surface area contributed by atoms with Crippen LogP contribution in [0.3, 0.4) is 0 Å². The lowest BCUT2D eigenvalue weighted by atomic mass is 10.2. The number of anilines is 3. The molecule has 1 amide bonds. The summed E-state index contributed by atoms with van der Waals surface area (Å²) in [7, 11) is 3.09. The summed E-state index contributed by atoms with van der Waals surface area (Å²) in [5.74, 6) is 2.54. The van der Waals surface area contributed by atoms with Gasteiger partial charge in [0.25, 0.3) is 5.88 Å². The molecule has 3 aromatic heterocycles. The Bertz CT molecular complexity index is 1150. The van der Waals surface area contributed by atoms with E-state index in [1.165, 1.54) is 18.4 Å². The number of fused-ring (bicyclic) bond motifs is 1. The number of ether oxygens (including phenoxy) is 3. The maximum absolute atomic E-state index is 12.1. The molecule has 176 valence electrons. The summed E-state index contributed by atoms with van der Waals surface area (Å²) in [5, 5.41) is 6.15. The SMILES string of the molecule is COc1ccc(Nc2nc(N3CCC(NC(=O)OC(C)(C)C)C3)nc3scnc23)nc1OC. The Morgan fingerprint density at radius 2 is 2.00 bits per heavy atom. The molecule has 0 aliphatic carbocycles. The first-order chi connectivity index (χ1) is 15.8. The van der Waals surface area contributed by atoms with Gasteiger partial charge >= 0.3 is 6.09 Å². The van der Waals surface area contributed by atoms with Gasteiger partial charge in [0.15, 0.2) is 16.4 Å². The Balaban J connectivity index is 1.53. The molecule has 0 aromatic carbocycles. The number of nitrogens with zero attached hydrogens (tertiary/aromatic N) is 5. The summed E-state index contributed by atoms with van der Waals surface area (Å²) in [6.45, 7) is 6.81. The zero-order valence-electron chi connectivity index (χ0n) is 19.2. The zero-order chi connectivity index (χ0) is 23.6. The molecule has 3 aromatic rings. The van der Waals surface area contributed by atoms with Crippen molar-refractivity contribution in [2.24, 2.45) is 0 Å². The molecule has 33 heavy (non-hydrogen) atoms. The van der Waals surface area contributed by atoms with Crippen LogP contribution in [0.5, 0.6) is 11.6 Å². The van der Waals surface area contributed by atoms with Gasteiger partial charge in [0.1, 0.15) is 16.9 Å². The topological polar surface area (TPSA) is 124 Å². The van der Waals surface area contributed by atoms with Crippen LogP contribution >= 0.6 is 11.3 Å². The number of hydrogen-bond donors (Lipinski definition) is 2. The Labute approximate surface area is 195 Å². The minimum absolute atomic E-state index is 0.0514. The van der Waals surface area contributed by atoms with Gasteiger partial charge in [0, 0.05) is 13.1 Å². The Morgan fingerprint density at radius 1 is 1.18 bits per heavy atom. The standard InChI is InChI=1S/C21H27N7O4S/c1-21(2,3)32-20(29)23-12-8-9-28(10-12)19-26-16(15-18(27-19)33-11-22-15)24-14-7-6-13(30-4)17(25-14)31-5/h6-7,11-12H,8-10H2,1-5H3,(H,23,29)(H,24,25,26,27). The molecule has 0 bridgehead atoms. The van der Waals surface area contributed by atoms with Crippen molar-refractivity contribution in [1.82, 2.24) is 25.3 Å². The molecule has 1 atom stereocenters. The third kappa shape index (κ3) is 5.33. The Kier molecular flexibility index (Phi) is 6.36. The molecule has 1 saturated heterocycles. The van der Waals surface area contributed by atoms with E-state index in [4.69, 9.17) is 19.2 Å². The number of hydrogen-bond acceptors (Lipinski definition) is 11. The van der Waals surface area contributed by atoms with Crippen molar-refractivity contribution in [3.63, 3.8) is 0 Å². The summed E-state index contributed by atoms with van der Waals surface area (Å²) in [6.07, 6.45) is 0.346. The van der Waals surface area contributed by atoms with Crippen LogP contribution in [0.1, 0.15) is 27.2 Å². The Hall–Kier alpha value is -3.41. The van der Waals surface area contributed by atoms with E-state index in [1.807, 2.05) is 25.7 Å². The summed E-state index contributed by atoms with van der Waals surface area (Å²) in [6, 6.07) is 3.49. The number of thiazole rings is 1. The third-order valence-electron chi connectivity index (χ3n) is 4.86. The molecular formula is C21H27N7O4S. The fourth-order valence-electron chi connectivity index (χ4n) is 3.43. The molecule has 1 aliphatic heterocycles. The van der Waals surface area contributed by atoms with Crippen molar-refractivity contribution in [1.29, 1.82) is 0 Å². The predicted octanol–water partition coefficient (Wildman–Crippen LogP) is 3.35. The van der Waals surface area contributed by atoms with Gasteiger partial charge in [-0.15, -0.1) is 11.3 Å². The van der Waals surface area contributed by atoms with Crippen molar-refractivity contribution in [3.8, 4) is 11.6 Å². The molecule has 11 nitrogen and oxygen atoms in total. The summed E-state index contributed by atoms with van der Waals surface area (Å²) in [5.41, 5.74) is 1.84. The van der Waals surface area contributed by atoms with E-state index in [0.29, 0.717) is 47.8 Å². The monoisotopic (exact) mass is 473 g/mol.